The van der Waals surface area contributed by atoms with E-state index in [1.807, 2.05) is 0 Å². The lowest BCUT2D eigenvalue weighted by Crippen LogP contribution is -2.30. The van der Waals surface area contributed by atoms with Crippen molar-refractivity contribution < 1.29 is 80.2 Å². The highest BCUT2D eigenvalue weighted by atomic mass is 31.2. The summed E-state index contributed by atoms with van der Waals surface area (Å²) in [7, 11) is -9.91. The minimum absolute atomic E-state index is 0.107. The van der Waals surface area contributed by atoms with Gasteiger partial charge in [0.05, 0.1) is 26.4 Å². The summed E-state index contributed by atoms with van der Waals surface area (Å²) in [5.74, 6) is -0.522. The smallest absolute Gasteiger partial charge is 0.462 e. The minimum Gasteiger partial charge on any atom is -0.462 e. The van der Waals surface area contributed by atoms with Crippen molar-refractivity contribution in [3.05, 3.63) is 0 Å². The van der Waals surface area contributed by atoms with E-state index in [1.165, 1.54) is 218 Å². The Bertz CT molecular complexity index is 1860. The zero-order valence-corrected chi connectivity index (χ0v) is 64.5. The Hall–Kier alpha value is -1.94. The van der Waals surface area contributed by atoms with Gasteiger partial charge >= 0.3 is 39.5 Å². The van der Waals surface area contributed by atoms with E-state index in [4.69, 9.17) is 37.0 Å². The number of hydrogen-bond acceptors (Lipinski definition) is 15. The van der Waals surface area contributed by atoms with Crippen molar-refractivity contribution in [1.82, 2.24) is 0 Å². The fraction of sp³-hybridized carbons (Fsp3) is 0.948. The predicted molar refractivity (Wildman–Crippen MR) is 391 cm³/mol. The lowest BCUT2D eigenvalue weighted by Gasteiger charge is -2.21. The monoisotopic (exact) mass is 1410 g/mol. The summed E-state index contributed by atoms with van der Waals surface area (Å²) in [5.41, 5.74) is 0. The number of ether oxygens (including phenoxy) is 4. The number of carbonyl (C=O) groups is 4. The molecule has 0 spiro atoms. The van der Waals surface area contributed by atoms with Crippen LogP contribution < -0.4 is 0 Å². The second-order valence-corrected chi connectivity index (χ2v) is 31.4. The molecule has 0 fully saturated rings. The molecule has 0 aliphatic rings. The Morgan fingerprint density at radius 1 is 0.302 bits per heavy atom. The van der Waals surface area contributed by atoms with Gasteiger partial charge in [-0.25, -0.2) is 9.13 Å². The molecule has 3 N–H and O–H groups in total. The van der Waals surface area contributed by atoms with Crippen LogP contribution in [-0.2, 0) is 65.4 Å². The minimum atomic E-state index is -4.96. The van der Waals surface area contributed by atoms with Crippen molar-refractivity contribution in [1.29, 1.82) is 0 Å². The Balaban J connectivity index is 5.26. The lowest BCUT2D eigenvalue weighted by molar-refractivity contribution is -0.161. The lowest BCUT2D eigenvalue weighted by atomic mass is 9.99. The maximum Gasteiger partial charge on any atom is 0.472 e. The van der Waals surface area contributed by atoms with Gasteiger partial charge < -0.3 is 33.8 Å². The molecule has 0 aromatic heterocycles. The Morgan fingerprint density at radius 3 is 0.792 bits per heavy atom. The van der Waals surface area contributed by atoms with Gasteiger partial charge in [-0.3, -0.25) is 37.3 Å². The average molecular weight is 1410 g/mol. The van der Waals surface area contributed by atoms with Crippen LogP contribution in [0.25, 0.3) is 0 Å². The number of carbonyl (C=O) groups excluding carboxylic acids is 4. The van der Waals surface area contributed by atoms with Gasteiger partial charge in [-0.2, -0.15) is 0 Å². The topological polar surface area (TPSA) is 237 Å². The summed E-state index contributed by atoms with van der Waals surface area (Å²) in [5, 5.41) is 10.6. The molecule has 0 aliphatic heterocycles. The van der Waals surface area contributed by atoms with Crippen LogP contribution in [0.1, 0.15) is 401 Å². The largest absolute Gasteiger partial charge is 0.472 e. The molecular formula is C77H150O17P2. The third-order valence-corrected chi connectivity index (χ3v) is 20.2. The summed E-state index contributed by atoms with van der Waals surface area (Å²) >= 11 is 0. The number of aliphatic hydroxyl groups is 1. The fourth-order valence-corrected chi connectivity index (χ4v) is 13.4. The van der Waals surface area contributed by atoms with E-state index in [0.29, 0.717) is 25.7 Å². The molecule has 0 rings (SSSR count). The normalized spacial score (nSPS) is 14.3. The van der Waals surface area contributed by atoms with E-state index in [9.17, 15) is 43.2 Å². The Labute approximate surface area is 588 Å². The number of aliphatic hydroxyl groups excluding tert-OH is 1. The molecule has 0 aromatic rings. The first-order valence-electron chi connectivity index (χ1n) is 40.0. The third kappa shape index (κ3) is 69.2. The zero-order chi connectivity index (χ0) is 70.7. The molecule has 0 bridgehead atoms. The molecule has 19 heteroatoms. The number of phosphoric ester groups is 2. The summed E-state index contributed by atoms with van der Waals surface area (Å²) < 4.78 is 68.6. The van der Waals surface area contributed by atoms with Crippen LogP contribution in [0.2, 0.25) is 0 Å². The van der Waals surface area contributed by atoms with Gasteiger partial charge in [0, 0.05) is 25.7 Å². The third-order valence-electron chi connectivity index (χ3n) is 18.3. The molecule has 6 atom stereocenters. The highest BCUT2D eigenvalue weighted by molar-refractivity contribution is 7.47. The summed E-state index contributed by atoms with van der Waals surface area (Å²) in [6.07, 6.45) is 56.6. The van der Waals surface area contributed by atoms with Gasteiger partial charge in [-0.1, -0.05) is 350 Å². The van der Waals surface area contributed by atoms with Crippen molar-refractivity contribution in [2.75, 3.05) is 39.6 Å². The summed E-state index contributed by atoms with van der Waals surface area (Å²) in [4.78, 5) is 72.9. The molecule has 96 heavy (non-hydrogen) atoms. The van der Waals surface area contributed by atoms with E-state index in [1.54, 1.807) is 0 Å². The van der Waals surface area contributed by atoms with Crippen LogP contribution in [0.5, 0.6) is 0 Å². The van der Waals surface area contributed by atoms with Crippen molar-refractivity contribution >= 4 is 39.5 Å². The molecule has 17 nitrogen and oxygen atoms in total. The fourth-order valence-electron chi connectivity index (χ4n) is 11.8. The molecule has 0 radical (unpaired) electrons. The number of hydrogen-bond donors (Lipinski definition) is 3. The van der Waals surface area contributed by atoms with Crippen LogP contribution in [0.4, 0.5) is 0 Å². The first kappa shape index (κ1) is 94.1. The van der Waals surface area contributed by atoms with Gasteiger partial charge in [-0.05, 0) is 37.5 Å². The second-order valence-electron chi connectivity index (χ2n) is 28.5. The van der Waals surface area contributed by atoms with E-state index >= 15 is 0 Å². The SMILES string of the molecule is CCCCCCCCCCCCCCCCCC(=O)OC[C@H](COP(=O)(O)OC[C@@H](O)COP(=O)(O)OC[C@@H](COC(=O)CCCCCCCCCCCCC)OC(=O)CCCCCCCCCCCCC(C)CC)OC(=O)CCCCCCCCCCCCCCCC(C)C. The maximum atomic E-state index is 13.1. The van der Waals surface area contributed by atoms with Crippen molar-refractivity contribution in [3.8, 4) is 0 Å². The first-order chi connectivity index (χ1) is 46.4. The number of rotatable bonds is 76. The van der Waals surface area contributed by atoms with Crippen molar-refractivity contribution in [3.63, 3.8) is 0 Å². The van der Waals surface area contributed by atoms with Gasteiger partial charge in [0.2, 0.25) is 0 Å². The molecule has 0 saturated heterocycles. The highest BCUT2D eigenvalue weighted by Crippen LogP contribution is 2.45. The quantitative estimate of drug-likeness (QED) is 0.0222. The molecule has 3 unspecified atom stereocenters. The number of esters is 4. The van der Waals surface area contributed by atoms with Crippen LogP contribution in [0.15, 0.2) is 0 Å². The second kappa shape index (κ2) is 68.8. The first-order valence-corrected chi connectivity index (χ1v) is 43.0. The van der Waals surface area contributed by atoms with Crippen LogP contribution in [0, 0.1) is 11.8 Å². The van der Waals surface area contributed by atoms with E-state index in [2.05, 4.69) is 41.5 Å². The van der Waals surface area contributed by atoms with Gasteiger partial charge in [0.1, 0.15) is 19.3 Å². The molecule has 0 aromatic carbocycles. The molecule has 0 amide bonds. The highest BCUT2D eigenvalue weighted by Gasteiger charge is 2.30. The van der Waals surface area contributed by atoms with Crippen LogP contribution >= 0.6 is 15.6 Å². The summed E-state index contributed by atoms with van der Waals surface area (Å²) in [6, 6.07) is 0. The maximum absolute atomic E-state index is 13.1. The molecule has 0 saturated carbocycles. The molecule has 570 valence electrons. The zero-order valence-electron chi connectivity index (χ0n) is 62.7. The molecule has 0 aliphatic carbocycles. The Kier molecular flexibility index (Phi) is 67.4. The van der Waals surface area contributed by atoms with Crippen molar-refractivity contribution in [2.45, 2.75) is 419 Å². The van der Waals surface area contributed by atoms with Crippen LogP contribution in [0.3, 0.4) is 0 Å². The standard InChI is InChI=1S/C77H150O17P2/c1-7-10-12-14-16-18-20-21-22-25-29-36-42-48-54-60-75(80)88-66-72(93-76(81)61-55-49-43-37-30-26-23-24-28-33-39-45-51-57-69(4)5)67-91-95(83,84)89-63-71(78)64-90-96(85,86)92-68-73(65-87-74(79)59-53-47-41-35-27-19-17-15-13-11-8-2)94-77(82)62-56-50-44-38-32-31-34-40-46-52-58-70(6)9-3/h69-73,78H,7-68H2,1-6H3,(H,83,84)(H,85,86)/t70?,71-,72-,73-/m1/s1. The van der Waals surface area contributed by atoms with Gasteiger partial charge in [0.25, 0.3) is 0 Å². The molecular weight excluding hydrogens is 1260 g/mol. The van der Waals surface area contributed by atoms with Gasteiger partial charge in [0.15, 0.2) is 12.2 Å². The molecule has 0 heterocycles. The number of unbranched alkanes of at least 4 members (excludes halogenated alkanes) is 45. The summed E-state index contributed by atoms with van der Waals surface area (Å²) in [6.45, 7) is 9.65. The van der Waals surface area contributed by atoms with E-state index < -0.39 is 97.5 Å². The van der Waals surface area contributed by atoms with Crippen molar-refractivity contribution in [2.24, 2.45) is 11.8 Å². The van der Waals surface area contributed by atoms with E-state index in [-0.39, 0.29) is 25.7 Å². The number of phosphoric acid groups is 2. The predicted octanol–water partition coefficient (Wildman–Crippen LogP) is 22.7. The van der Waals surface area contributed by atoms with Gasteiger partial charge in [-0.15, -0.1) is 0 Å². The average Bonchev–Trinajstić information content (AvgIpc) is 2.54. The van der Waals surface area contributed by atoms with E-state index in [0.717, 1.165) is 102 Å². The van der Waals surface area contributed by atoms with Crippen LogP contribution in [-0.4, -0.2) is 96.7 Å². The Morgan fingerprint density at radius 2 is 0.531 bits per heavy atom.